The van der Waals surface area contributed by atoms with E-state index >= 15 is 0 Å². The van der Waals surface area contributed by atoms with Crippen molar-refractivity contribution in [2.45, 2.75) is 135 Å². The Balaban J connectivity index is 1.34. The Hall–Kier alpha value is -8.73. The number of fused-ring (bicyclic) bond motifs is 3. The molecule has 2 heterocycles. The van der Waals surface area contributed by atoms with Crippen LogP contribution < -0.4 is 27.0 Å². The number of carbonyl (C=O) groups excluding carboxylic acids is 13. The highest BCUT2D eigenvalue weighted by Gasteiger charge is 2.57. The van der Waals surface area contributed by atoms with Gasteiger partial charge in [0.15, 0.2) is 36.6 Å². The fraction of sp³-hybridized carbons (Fsp3) is 0.545. The Morgan fingerprint density at radius 2 is 0.810 bits per heavy atom. The van der Waals surface area contributed by atoms with Crippen LogP contribution in [0.4, 0.5) is 4.79 Å². The number of carbonyl (C=O) groups is 13. The topological polar surface area (TPSA) is 398 Å². The smallest absolute Gasteiger partial charge is 0.407 e. The number of primary amides is 1. The first kappa shape index (κ1) is 66.1. The summed E-state index contributed by atoms with van der Waals surface area (Å²) in [6.07, 6.45) is -18.2. The van der Waals surface area contributed by atoms with Crippen LogP contribution >= 0.6 is 0 Å². The van der Waals surface area contributed by atoms with Gasteiger partial charge in [-0.15, -0.1) is 0 Å². The summed E-state index contributed by atoms with van der Waals surface area (Å²) in [4.78, 5) is 166. The maximum Gasteiger partial charge on any atom is 0.407 e. The van der Waals surface area contributed by atoms with Gasteiger partial charge in [0.05, 0.1) is 11.8 Å². The summed E-state index contributed by atoms with van der Waals surface area (Å²) in [6.45, 7) is 4.70. The molecular weight excluding hydrogens is 1110 g/mol. The van der Waals surface area contributed by atoms with E-state index in [-0.39, 0.29) is 25.5 Å². The number of benzene rings is 2. The molecule has 29 heteroatoms. The van der Waals surface area contributed by atoms with E-state index in [9.17, 15) is 62.3 Å². The van der Waals surface area contributed by atoms with Gasteiger partial charge >= 0.3 is 53.8 Å². The molecule has 2 aromatic carbocycles. The van der Waals surface area contributed by atoms with Gasteiger partial charge in [0.2, 0.25) is 23.6 Å². The van der Waals surface area contributed by atoms with Crippen LogP contribution in [0.2, 0.25) is 0 Å². The number of hydrogen-bond acceptors (Lipinski definition) is 24. The van der Waals surface area contributed by atoms with E-state index in [2.05, 4.69) is 21.3 Å². The molecule has 3 aliphatic rings. The Labute approximate surface area is 481 Å². The summed E-state index contributed by atoms with van der Waals surface area (Å²) in [5.41, 5.74) is 9.79. The Kier molecular flexibility index (Phi) is 24.4. The van der Waals surface area contributed by atoms with Gasteiger partial charge in [-0.25, -0.2) is 4.79 Å². The molecule has 1 aliphatic carbocycles. The minimum Gasteiger partial charge on any atom is -0.463 e. The van der Waals surface area contributed by atoms with E-state index in [1.54, 1.807) is 0 Å². The largest absolute Gasteiger partial charge is 0.463 e. The highest BCUT2D eigenvalue weighted by atomic mass is 16.7. The summed E-state index contributed by atoms with van der Waals surface area (Å²) in [5, 5.41) is 10.1. The maximum atomic E-state index is 14.5. The van der Waals surface area contributed by atoms with Gasteiger partial charge < -0.3 is 79.1 Å². The second kappa shape index (κ2) is 31.1. The van der Waals surface area contributed by atoms with E-state index in [4.69, 9.17) is 57.8 Å². The second-order valence-electron chi connectivity index (χ2n) is 19.6. The van der Waals surface area contributed by atoms with Crippen molar-refractivity contribution < 1.29 is 114 Å². The van der Waals surface area contributed by atoms with Crippen LogP contribution in [0.5, 0.6) is 0 Å². The lowest BCUT2D eigenvalue weighted by molar-refractivity contribution is -0.259. The summed E-state index contributed by atoms with van der Waals surface area (Å²) in [5.74, 6) is -14.6. The minimum atomic E-state index is -1.78. The number of ether oxygens (including phenoxy) is 11. The van der Waals surface area contributed by atoms with Crippen molar-refractivity contribution in [1.82, 2.24) is 21.3 Å². The number of rotatable bonds is 26. The van der Waals surface area contributed by atoms with Crippen LogP contribution in [0.25, 0.3) is 11.1 Å². The van der Waals surface area contributed by atoms with Crippen LogP contribution in [0.1, 0.15) is 85.3 Å². The number of nitrogens with one attached hydrogen (secondary N) is 4. The molecule has 12 atom stereocenters. The lowest BCUT2D eigenvalue weighted by atomic mass is 9.86. The monoisotopic (exact) mass is 1180 g/mol. The molecule has 0 bridgehead atoms. The average Bonchev–Trinajstić information content (AvgIpc) is 2.96. The zero-order chi connectivity index (χ0) is 61.9. The summed E-state index contributed by atoms with van der Waals surface area (Å²) in [7, 11) is 0. The van der Waals surface area contributed by atoms with E-state index < -0.39 is 190 Å². The molecule has 84 heavy (non-hydrogen) atoms. The molecule has 2 fully saturated rings. The maximum absolute atomic E-state index is 14.5. The predicted octanol–water partition coefficient (Wildman–Crippen LogP) is -0.377. The summed E-state index contributed by atoms with van der Waals surface area (Å²) < 4.78 is 61.1. The molecule has 0 radical (unpaired) electrons. The van der Waals surface area contributed by atoms with E-state index in [0.717, 1.165) is 77.6 Å². The van der Waals surface area contributed by atoms with Crippen molar-refractivity contribution in [3.8, 4) is 11.1 Å². The normalized spacial score (nSPS) is 22.9. The first-order valence-corrected chi connectivity index (χ1v) is 26.6. The Morgan fingerprint density at radius 3 is 1.21 bits per heavy atom. The van der Waals surface area contributed by atoms with Gasteiger partial charge in [0, 0.05) is 100 Å². The zero-order valence-corrected chi connectivity index (χ0v) is 47.4. The molecular formula is C55H69N5O24. The van der Waals surface area contributed by atoms with Crippen molar-refractivity contribution in [1.29, 1.82) is 0 Å². The van der Waals surface area contributed by atoms with E-state index in [1.807, 2.05) is 48.5 Å². The lowest BCUT2D eigenvalue weighted by Crippen LogP contribution is -2.66. The molecule has 5 rings (SSSR count). The Bertz CT molecular complexity index is 2750. The first-order valence-electron chi connectivity index (χ1n) is 26.6. The lowest BCUT2D eigenvalue weighted by Gasteiger charge is -2.46. The van der Waals surface area contributed by atoms with Crippen LogP contribution in [0.3, 0.4) is 0 Å². The Morgan fingerprint density at radius 1 is 0.440 bits per heavy atom. The second-order valence-corrected chi connectivity index (χ2v) is 19.6. The fourth-order valence-electron chi connectivity index (χ4n) is 9.89. The third kappa shape index (κ3) is 18.9. The molecule has 6 N–H and O–H groups in total. The molecule has 458 valence electrons. The molecule has 29 nitrogen and oxygen atoms in total. The number of hydrogen-bond donors (Lipinski definition) is 5. The van der Waals surface area contributed by atoms with E-state index in [1.165, 1.54) is 0 Å². The van der Waals surface area contributed by atoms with Crippen molar-refractivity contribution in [2.75, 3.05) is 46.0 Å². The van der Waals surface area contributed by atoms with Crippen LogP contribution in [-0.2, 0) is 110 Å². The first-order chi connectivity index (χ1) is 39.7. The van der Waals surface area contributed by atoms with Crippen LogP contribution in [-0.4, -0.2) is 185 Å². The third-order valence-corrected chi connectivity index (χ3v) is 13.2. The average molecular weight is 1180 g/mol. The highest BCUT2D eigenvalue weighted by Crippen LogP contribution is 2.44. The molecule has 0 unspecified atom stereocenters. The van der Waals surface area contributed by atoms with Crippen molar-refractivity contribution >= 4 is 77.5 Å². The van der Waals surface area contributed by atoms with Crippen molar-refractivity contribution in [3.05, 3.63) is 59.7 Å². The predicted molar refractivity (Wildman–Crippen MR) is 281 cm³/mol. The quantitative estimate of drug-likeness (QED) is 0.0592. The zero-order valence-electron chi connectivity index (χ0n) is 47.4. The molecule has 0 spiro atoms. The number of nitrogens with two attached hydrogens (primary N) is 1. The van der Waals surface area contributed by atoms with Crippen molar-refractivity contribution in [2.24, 2.45) is 17.6 Å². The number of amides is 5. The molecule has 0 saturated carbocycles. The highest BCUT2D eigenvalue weighted by molar-refractivity contribution is 5.84. The summed E-state index contributed by atoms with van der Waals surface area (Å²) in [6, 6.07) is 15.4. The molecule has 2 saturated heterocycles. The molecule has 5 amide bonds. The van der Waals surface area contributed by atoms with Gasteiger partial charge in [-0.1, -0.05) is 48.5 Å². The van der Waals surface area contributed by atoms with Crippen LogP contribution in [0.15, 0.2) is 48.5 Å². The van der Waals surface area contributed by atoms with Gasteiger partial charge in [-0.3, -0.25) is 57.5 Å². The standard InChI is InChI=1S/C55H69N5O24/c1-26(61)74-24-41-47(77-28(3)63)51(81-32(7)67)49(79-30(5)65)45(83-41)38(53(56)71)21-59-43(69)17-19-57-54(72)39(46-50(80-31(6)66)52(82-33(8)68)48(78-29(4)64)42(84-46)25-75-27(2)62)22-60-44(70)18-20-58-55(73)76-23-40-36-15-11-9-13-34(36)35-14-10-12-16-37(35)40/h9-16,38-42,45-52H,17-25H2,1-8H3,(H2,56,71)(H,57,72)(H,58,73)(H,59,69)(H,60,70)/t38-,39-,41+,42+,45-,46-,47+,48+,49-,50-,51-,52-/m0/s1. The van der Waals surface area contributed by atoms with Gasteiger partial charge in [0.1, 0.15) is 44.2 Å². The molecule has 2 aliphatic heterocycles. The van der Waals surface area contributed by atoms with E-state index in [0.29, 0.717) is 0 Å². The number of alkyl carbamates (subject to hydrolysis) is 1. The fourth-order valence-corrected chi connectivity index (χ4v) is 9.89. The summed E-state index contributed by atoms with van der Waals surface area (Å²) >= 11 is 0. The molecule has 0 aromatic heterocycles. The minimum absolute atomic E-state index is 0.0115. The van der Waals surface area contributed by atoms with Crippen LogP contribution in [0, 0.1) is 11.8 Å². The molecule has 2 aromatic rings. The number of esters is 8. The van der Waals surface area contributed by atoms with Gasteiger partial charge in [-0.2, -0.15) is 0 Å². The van der Waals surface area contributed by atoms with Gasteiger partial charge in [-0.05, 0) is 22.3 Å². The van der Waals surface area contributed by atoms with Gasteiger partial charge in [0.25, 0.3) is 0 Å². The third-order valence-electron chi connectivity index (χ3n) is 13.2. The van der Waals surface area contributed by atoms with Crippen molar-refractivity contribution in [3.63, 3.8) is 0 Å². The SMILES string of the molecule is CC(=O)OC[C@H]1O[C@@H]([C@H](CNC(=O)CCNC(=O)[C@@H](CNC(=O)CCNC(=O)OCC2c3ccccc3-c3ccccc32)[C@@H]2O[C@H](COC(C)=O)[C@@H](OC(C)=O)[C@H](OC(C)=O)[C@H]2OC(C)=O)C(N)=O)[C@H](OC(C)=O)[C@@H](OC(C)=O)[C@@H]1OC(C)=O.